The molecule has 330 valence electrons. The molecule has 2 heterocycles. The summed E-state index contributed by atoms with van der Waals surface area (Å²) < 4.78 is 28.7. The van der Waals surface area contributed by atoms with E-state index in [1.807, 2.05) is 13.8 Å². The van der Waals surface area contributed by atoms with E-state index in [4.69, 9.17) is 23.7 Å². The van der Waals surface area contributed by atoms with Crippen LogP contribution in [0.5, 0.6) is 0 Å². The van der Waals surface area contributed by atoms with Crippen molar-refractivity contribution in [2.75, 3.05) is 26.9 Å². The van der Waals surface area contributed by atoms with Crippen LogP contribution in [0.2, 0.25) is 0 Å². The molecule has 0 bridgehead atoms. The van der Waals surface area contributed by atoms with Crippen LogP contribution >= 0.6 is 0 Å². The lowest BCUT2D eigenvalue weighted by molar-refractivity contribution is -0.328. The van der Waals surface area contributed by atoms with Crippen LogP contribution in [0.25, 0.3) is 0 Å². The number of methoxy groups -OCH3 is 1. The second-order valence-corrected chi connectivity index (χ2v) is 20.1. The van der Waals surface area contributed by atoms with Crippen LogP contribution in [0.4, 0.5) is 0 Å². The molecule has 20 atom stereocenters. The first-order valence-corrected chi connectivity index (χ1v) is 21.0. The summed E-state index contributed by atoms with van der Waals surface area (Å²) in [7, 11) is 1.35. The van der Waals surface area contributed by atoms with Crippen LogP contribution in [0.15, 0.2) is 11.6 Å². The molecular formula is C42H66O16. The van der Waals surface area contributed by atoms with Crippen molar-refractivity contribution >= 4 is 11.9 Å². The van der Waals surface area contributed by atoms with E-state index in [0.29, 0.717) is 44.9 Å². The van der Waals surface area contributed by atoms with E-state index < -0.39 is 113 Å². The molecule has 0 aromatic carbocycles. The lowest BCUT2D eigenvalue weighted by atomic mass is 9.33. The number of hydrogen-bond donors (Lipinski definition) is 9. The largest absolute Gasteiger partial charge is 0.469 e. The summed E-state index contributed by atoms with van der Waals surface area (Å²) in [6.07, 6.45) is -9.28. The highest BCUT2D eigenvalue weighted by molar-refractivity contribution is 5.81. The number of fused-ring (bicyclic) bond motifs is 7. The minimum atomic E-state index is -1.76. The topological polar surface area (TPSA) is 262 Å². The van der Waals surface area contributed by atoms with Crippen molar-refractivity contribution in [1.29, 1.82) is 0 Å². The highest BCUT2D eigenvalue weighted by Crippen LogP contribution is 2.76. The van der Waals surface area contributed by atoms with E-state index in [0.717, 1.165) is 12.0 Å². The Bertz CT molecular complexity index is 1610. The van der Waals surface area contributed by atoms with E-state index in [1.165, 1.54) is 7.11 Å². The number of aliphatic hydroxyl groups is 9. The summed E-state index contributed by atoms with van der Waals surface area (Å²) in [5, 5.41) is 95.6. The predicted octanol–water partition coefficient (Wildman–Crippen LogP) is 0.0517. The van der Waals surface area contributed by atoms with Crippen LogP contribution in [-0.4, -0.2) is 152 Å². The zero-order valence-electron chi connectivity index (χ0n) is 34.5. The Morgan fingerprint density at radius 2 is 1.45 bits per heavy atom. The number of carbonyl (C=O) groups excluding carboxylic acids is 2. The van der Waals surface area contributed by atoms with Gasteiger partial charge in [-0.2, -0.15) is 0 Å². The molecule has 0 spiro atoms. The van der Waals surface area contributed by atoms with Gasteiger partial charge in [-0.1, -0.05) is 39.3 Å². The molecule has 0 aromatic heterocycles. The summed E-state index contributed by atoms with van der Waals surface area (Å²) in [4.78, 5) is 28.1. The van der Waals surface area contributed by atoms with E-state index in [1.54, 1.807) is 0 Å². The van der Waals surface area contributed by atoms with Gasteiger partial charge >= 0.3 is 11.9 Å². The summed E-state index contributed by atoms with van der Waals surface area (Å²) >= 11 is 0. The molecule has 16 heteroatoms. The molecule has 16 nitrogen and oxygen atoms in total. The zero-order chi connectivity index (χ0) is 42.5. The van der Waals surface area contributed by atoms with Crippen molar-refractivity contribution in [2.45, 2.75) is 160 Å². The number of ether oxygens (including phenoxy) is 5. The van der Waals surface area contributed by atoms with Gasteiger partial charge in [-0.15, -0.1) is 0 Å². The number of hydrogen-bond acceptors (Lipinski definition) is 16. The van der Waals surface area contributed by atoms with Gasteiger partial charge in [0.05, 0.1) is 50.0 Å². The third-order valence-electron chi connectivity index (χ3n) is 17.4. The standard InChI is InChI=1S/C42H66O16/c1-37(35(52)54-6)11-13-42(36(53)58-34-31(51)29(49)28(48)24(17-43)56-34)14-12-40(4)20(21(42)15-37)7-8-26-38(2)16-22(45)32(57-33-30(50)27(47)23(46)18-55-33)39(3,19-44)25(38)9-10-41(26,40)5/h7,21-34,43-51H,8-19H2,1-6H3/t21-,22-,23+,24+,25?,26?,27-,28+,29-,30+,31+,32-,33-,34-,37-,38-,39-,40+,41+,42-/m0/s1. The van der Waals surface area contributed by atoms with Gasteiger partial charge in [0.15, 0.2) is 6.29 Å². The zero-order valence-corrected chi connectivity index (χ0v) is 34.5. The van der Waals surface area contributed by atoms with Crippen LogP contribution in [0.3, 0.4) is 0 Å². The number of rotatable bonds is 7. The molecule has 4 saturated carbocycles. The molecule has 2 saturated heterocycles. The van der Waals surface area contributed by atoms with E-state index in [2.05, 4.69) is 26.8 Å². The maximum absolute atomic E-state index is 14.7. The van der Waals surface area contributed by atoms with Crippen molar-refractivity contribution < 1.29 is 79.2 Å². The molecular weight excluding hydrogens is 760 g/mol. The lowest BCUT2D eigenvalue weighted by Gasteiger charge is -2.71. The molecule has 2 aliphatic heterocycles. The molecule has 0 aromatic rings. The maximum Gasteiger partial charge on any atom is 0.315 e. The molecule has 0 radical (unpaired) electrons. The Morgan fingerprint density at radius 3 is 2.10 bits per heavy atom. The fourth-order valence-corrected chi connectivity index (χ4v) is 13.7. The molecule has 2 unspecified atom stereocenters. The first-order valence-electron chi connectivity index (χ1n) is 21.0. The van der Waals surface area contributed by atoms with E-state index >= 15 is 0 Å². The summed E-state index contributed by atoms with van der Waals surface area (Å²) in [6, 6.07) is 0. The smallest absolute Gasteiger partial charge is 0.315 e. The molecule has 7 rings (SSSR count). The molecule has 5 aliphatic carbocycles. The average molecular weight is 827 g/mol. The van der Waals surface area contributed by atoms with Gasteiger partial charge in [-0.3, -0.25) is 9.59 Å². The molecule has 9 N–H and O–H groups in total. The predicted molar refractivity (Wildman–Crippen MR) is 201 cm³/mol. The second-order valence-electron chi connectivity index (χ2n) is 20.1. The molecule has 0 amide bonds. The van der Waals surface area contributed by atoms with Crippen molar-refractivity contribution in [3.63, 3.8) is 0 Å². The number of allylic oxidation sites excluding steroid dienone is 2. The van der Waals surface area contributed by atoms with Gasteiger partial charge in [0.2, 0.25) is 6.29 Å². The van der Waals surface area contributed by atoms with E-state index in [9.17, 15) is 55.5 Å². The van der Waals surface area contributed by atoms with Gasteiger partial charge in [0.25, 0.3) is 0 Å². The third-order valence-corrected chi connectivity index (χ3v) is 17.4. The highest BCUT2D eigenvalue weighted by atomic mass is 16.7. The first-order chi connectivity index (χ1) is 27.1. The Kier molecular flexibility index (Phi) is 11.6. The summed E-state index contributed by atoms with van der Waals surface area (Å²) in [6.45, 7) is 9.20. The fraction of sp³-hybridized carbons (Fsp3) is 0.905. The summed E-state index contributed by atoms with van der Waals surface area (Å²) in [5.41, 5.74) is -3.35. The van der Waals surface area contributed by atoms with Crippen molar-refractivity contribution in [3.05, 3.63) is 11.6 Å². The second kappa shape index (κ2) is 15.2. The van der Waals surface area contributed by atoms with Crippen LogP contribution in [0, 0.1) is 50.2 Å². The highest BCUT2D eigenvalue weighted by Gasteiger charge is 2.72. The van der Waals surface area contributed by atoms with Crippen LogP contribution in [-0.2, 0) is 33.3 Å². The first kappa shape index (κ1) is 44.3. The third kappa shape index (κ3) is 6.29. The minimum Gasteiger partial charge on any atom is -0.469 e. The van der Waals surface area contributed by atoms with Crippen molar-refractivity contribution in [1.82, 2.24) is 0 Å². The molecule has 58 heavy (non-hydrogen) atoms. The number of esters is 2. The van der Waals surface area contributed by atoms with Crippen LogP contribution in [0.1, 0.15) is 92.4 Å². The summed E-state index contributed by atoms with van der Waals surface area (Å²) in [5.74, 6) is -1.63. The van der Waals surface area contributed by atoms with Gasteiger partial charge in [-0.05, 0) is 98.7 Å². The van der Waals surface area contributed by atoms with Gasteiger partial charge in [0.1, 0.15) is 42.7 Å². The fourth-order valence-electron chi connectivity index (χ4n) is 13.7. The quantitative estimate of drug-likeness (QED) is 0.0933. The van der Waals surface area contributed by atoms with Gasteiger partial charge in [-0.25, -0.2) is 0 Å². The maximum atomic E-state index is 14.7. The lowest BCUT2D eigenvalue weighted by Crippen LogP contribution is -2.69. The number of carbonyl (C=O) groups is 2. The minimum absolute atomic E-state index is 0.00612. The van der Waals surface area contributed by atoms with Gasteiger partial charge < -0.3 is 69.6 Å². The van der Waals surface area contributed by atoms with E-state index in [-0.39, 0.29) is 42.9 Å². The normalized spacial score (nSPS) is 54.2. The Hall–Kier alpha value is -1.80. The Balaban J connectivity index is 1.22. The van der Waals surface area contributed by atoms with Crippen LogP contribution < -0.4 is 0 Å². The number of aliphatic hydroxyl groups excluding tert-OH is 9. The Labute approximate surface area is 339 Å². The molecule has 6 fully saturated rings. The SMILES string of the molecule is COC(=O)[C@@]1(C)CC[C@]2(C(=O)O[C@@H]3O[C@H](CO)[C@@H](O)[C@H](O)[C@H]3O)CC[C@]3(C)C(=CCC4[C@@]5(C)C[C@H](O)[C@H](O[C@@H]6OC[C@@H](O)[C@H](O)[C@H]6O)[C@@](C)(CO)C5CC[C@]43C)[C@@H]2C1. The average Bonchev–Trinajstić information content (AvgIpc) is 3.19. The Morgan fingerprint density at radius 1 is 0.776 bits per heavy atom. The van der Waals surface area contributed by atoms with Crippen molar-refractivity contribution in [3.8, 4) is 0 Å². The van der Waals surface area contributed by atoms with Crippen molar-refractivity contribution in [2.24, 2.45) is 50.2 Å². The monoisotopic (exact) mass is 826 g/mol. The van der Waals surface area contributed by atoms with Gasteiger partial charge in [0, 0.05) is 5.41 Å². The molecule has 7 aliphatic rings.